The van der Waals surface area contributed by atoms with Gasteiger partial charge in [-0.25, -0.2) is 0 Å². The van der Waals surface area contributed by atoms with Crippen molar-refractivity contribution in [1.82, 2.24) is 4.90 Å². The van der Waals surface area contributed by atoms with Crippen molar-refractivity contribution in [3.63, 3.8) is 0 Å². The highest BCUT2D eigenvalue weighted by atomic mass is 16.1. The summed E-state index contributed by atoms with van der Waals surface area (Å²) in [5, 5.41) is 0. The molecule has 2 bridgehead atoms. The van der Waals surface area contributed by atoms with E-state index >= 15 is 0 Å². The largest absolute Gasteiger partial charge is 0.369 e. The molecule has 0 saturated carbocycles. The summed E-state index contributed by atoms with van der Waals surface area (Å²) in [6.07, 6.45) is 3.41. The summed E-state index contributed by atoms with van der Waals surface area (Å²) in [6, 6.07) is 1.09. The van der Waals surface area contributed by atoms with Crippen molar-refractivity contribution in [3.8, 4) is 0 Å². The summed E-state index contributed by atoms with van der Waals surface area (Å²) in [5.74, 6) is 0.0304. The molecule has 2 aliphatic rings. The number of carbonyl (C=O) groups is 1. The fourth-order valence-corrected chi connectivity index (χ4v) is 2.57. The Hall–Kier alpha value is -0.570. The Morgan fingerprint density at radius 2 is 2.27 bits per heavy atom. The monoisotopic (exact) mass is 154 g/mol. The minimum Gasteiger partial charge on any atom is -0.369 e. The Bertz CT molecular complexity index is 193. The highest BCUT2D eigenvalue weighted by molar-refractivity contribution is 5.78. The second-order valence-corrected chi connectivity index (χ2v) is 3.71. The minimum absolute atomic E-state index is 0.107. The molecule has 2 saturated heterocycles. The van der Waals surface area contributed by atoms with Crippen LogP contribution >= 0.6 is 0 Å². The summed E-state index contributed by atoms with van der Waals surface area (Å²) in [6.45, 7) is 0. The third kappa shape index (κ3) is 0.872. The molecule has 11 heavy (non-hydrogen) atoms. The maximum absolute atomic E-state index is 10.9. The van der Waals surface area contributed by atoms with Crippen molar-refractivity contribution in [1.29, 1.82) is 0 Å². The number of amides is 1. The van der Waals surface area contributed by atoms with Gasteiger partial charge in [-0.2, -0.15) is 0 Å². The van der Waals surface area contributed by atoms with E-state index in [2.05, 4.69) is 11.9 Å². The third-order valence-electron chi connectivity index (χ3n) is 3.25. The number of nitrogens with two attached hydrogens (primary N) is 1. The summed E-state index contributed by atoms with van der Waals surface area (Å²) < 4.78 is 0. The zero-order chi connectivity index (χ0) is 8.01. The summed E-state index contributed by atoms with van der Waals surface area (Å²) in [5.41, 5.74) is 5.28. The van der Waals surface area contributed by atoms with Crippen LogP contribution in [0.4, 0.5) is 0 Å². The maximum Gasteiger partial charge on any atom is 0.222 e. The van der Waals surface area contributed by atoms with E-state index in [0.29, 0.717) is 12.1 Å². The molecule has 2 heterocycles. The van der Waals surface area contributed by atoms with E-state index in [0.717, 1.165) is 12.8 Å². The van der Waals surface area contributed by atoms with Crippen LogP contribution in [0.2, 0.25) is 0 Å². The fraction of sp³-hybridized carbons (Fsp3) is 0.875. The van der Waals surface area contributed by atoms with Crippen LogP contribution in [0.3, 0.4) is 0 Å². The van der Waals surface area contributed by atoms with Crippen molar-refractivity contribution < 1.29 is 4.79 Å². The first-order valence-electron chi connectivity index (χ1n) is 4.21. The van der Waals surface area contributed by atoms with Gasteiger partial charge in [0, 0.05) is 12.1 Å². The SMILES string of the molecule is CN1C2CCC1C(C(N)=O)C2. The Morgan fingerprint density at radius 3 is 2.55 bits per heavy atom. The number of primary amides is 1. The minimum atomic E-state index is -0.107. The molecular formula is C8H14N2O. The van der Waals surface area contributed by atoms with Crippen LogP contribution < -0.4 is 5.73 Å². The lowest BCUT2D eigenvalue weighted by Crippen LogP contribution is -2.34. The third-order valence-corrected chi connectivity index (χ3v) is 3.25. The van der Waals surface area contributed by atoms with Crippen molar-refractivity contribution in [2.45, 2.75) is 31.3 Å². The van der Waals surface area contributed by atoms with Gasteiger partial charge in [-0.1, -0.05) is 0 Å². The normalized spacial score (nSPS) is 43.2. The number of carbonyl (C=O) groups excluding carboxylic acids is 1. The molecule has 0 aromatic rings. The van der Waals surface area contributed by atoms with E-state index in [1.807, 2.05) is 0 Å². The first-order valence-corrected chi connectivity index (χ1v) is 4.21. The molecule has 0 aromatic carbocycles. The molecule has 0 spiro atoms. The van der Waals surface area contributed by atoms with Crippen LogP contribution in [-0.2, 0) is 4.79 Å². The molecule has 0 aromatic heterocycles. The summed E-state index contributed by atoms with van der Waals surface area (Å²) >= 11 is 0. The molecule has 3 atom stereocenters. The molecule has 1 amide bonds. The maximum atomic E-state index is 10.9. The molecule has 2 N–H and O–H groups in total. The lowest BCUT2D eigenvalue weighted by atomic mass is 9.89. The quantitative estimate of drug-likeness (QED) is 0.576. The zero-order valence-corrected chi connectivity index (χ0v) is 6.79. The zero-order valence-electron chi connectivity index (χ0n) is 6.79. The summed E-state index contributed by atoms with van der Waals surface area (Å²) in [7, 11) is 2.10. The van der Waals surface area contributed by atoms with Gasteiger partial charge in [0.1, 0.15) is 0 Å². The first-order chi connectivity index (χ1) is 5.20. The van der Waals surface area contributed by atoms with Gasteiger partial charge in [-0.15, -0.1) is 0 Å². The Morgan fingerprint density at radius 1 is 1.55 bits per heavy atom. The smallest absolute Gasteiger partial charge is 0.222 e. The standard InChI is InChI=1S/C8H14N2O/c1-10-5-2-3-7(10)6(4-5)8(9)11/h5-7H,2-4H2,1H3,(H2,9,11). The fourth-order valence-electron chi connectivity index (χ4n) is 2.57. The highest BCUT2D eigenvalue weighted by Crippen LogP contribution is 2.39. The lowest BCUT2D eigenvalue weighted by molar-refractivity contribution is -0.122. The number of rotatable bonds is 1. The van der Waals surface area contributed by atoms with Crippen LogP contribution in [0.5, 0.6) is 0 Å². The molecule has 3 heteroatoms. The van der Waals surface area contributed by atoms with E-state index in [1.54, 1.807) is 0 Å². The van der Waals surface area contributed by atoms with Gasteiger partial charge in [-0.05, 0) is 26.3 Å². The van der Waals surface area contributed by atoms with Gasteiger partial charge >= 0.3 is 0 Å². The van der Waals surface area contributed by atoms with Crippen molar-refractivity contribution in [2.75, 3.05) is 7.05 Å². The molecule has 3 nitrogen and oxygen atoms in total. The number of hydrogen-bond acceptors (Lipinski definition) is 2. The Kier molecular flexibility index (Phi) is 1.42. The van der Waals surface area contributed by atoms with Gasteiger partial charge < -0.3 is 5.73 Å². The van der Waals surface area contributed by atoms with E-state index in [4.69, 9.17) is 5.73 Å². The second-order valence-electron chi connectivity index (χ2n) is 3.71. The van der Waals surface area contributed by atoms with E-state index in [1.165, 1.54) is 6.42 Å². The van der Waals surface area contributed by atoms with Crippen molar-refractivity contribution in [3.05, 3.63) is 0 Å². The van der Waals surface area contributed by atoms with Gasteiger partial charge in [0.25, 0.3) is 0 Å². The number of fused-ring (bicyclic) bond motifs is 2. The van der Waals surface area contributed by atoms with Gasteiger partial charge in [0.2, 0.25) is 5.91 Å². The molecular weight excluding hydrogens is 140 g/mol. The highest BCUT2D eigenvalue weighted by Gasteiger charge is 2.46. The Labute approximate surface area is 66.5 Å². The number of hydrogen-bond donors (Lipinski definition) is 1. The molecule has 2 fully saturated rings. The van der Waals surface area contributed by atoms with Crippen molar-refractivity contribution >= 4 is 5.91 Å². The molecule has 62 valence electrons. The van der Waals surface area contributed by atoms with Crippen LogP contribution in [-0.4, -0.2) is 29.9 Å². The predicted octanol–water partition coefficient (Wildman–Crippen LogP) is -0.0456. The molecule has 0 aliphatic carbocycles. The van der Waals surface area contributed by atoms with Crippen LogP contribution in [0.1, 0.15) is 19.3 Å². The second kappa shape index (κ2) is 2.21. The topological polar surface area (TPSA) is 46.3 Å². The average Bonchev–Trinajstić information content (AvgIpc) is 2.46. The molecule has 2 rings (SSSR count). The molecule has 3 unspecified atom stereocenters. The van der Waals surface area contributed by atoms with Crippen LogP contribution in [0.25, 0.3) is 0 Å². The van der Waals surface area contributed by atoms with Crippen LogP contribution in [0.15, 0.2) is 0 Å². The summed E-state index contributed by atoms with van der Waals surface area (Å²) in [4.78, 5) is 13.2. The molecule has 0 radical (unpaired) electrons. The number of nitrogens with zero attached hydrogens (tertiary/aromatic N) is 1. The van der Waals surface area contributed by atoms with E-state index in [-0.39, 0.29) is 11.8 Å². The van der Waals surface area contributed by atoms with Crippen molar-refractivity contribution in [2.24, 2.45) is 11.7 Å². The molecule has 2 aliphatic heterocycles. The van der Waals surface area contributed by atoms with E-state index in [9.17, 15) is 4.79 Å². The van der Waals surface area contributed by atoms with Gasteiger partial charge in [0.05, 0.1) is 5.92 Å². The van der Waals surface area contributed by atoms with Gasteiger partial charge in [-0.3, -0.25) is 9.69 Å². The first kappa shape index (κ1) is 7.10. The van der Waals surface area contributed by atoms with Gasteiger partial charge in [0.15, 0.2) is 0 Å². The average molecular weight is 154 g/mol. The predicted molar refractivity (Wildman–Crippen MR) is 41.9 cm³/mol. The lowest BCUT2D eigenvalue weighted by Gasteiger charge is -2.17. The van der Waals surface area contributed by atoms with Crippen LogP contribution in [0, 0.1) is 5.92 Å². The Balaban J connectivity index is 2.14. The van der Waals surface area contributed by atoms with E-state index < -0.39 is 0 Å².